The molecular weight excluding hydrogens is 344 g/mol. The van der Waals surface area contributed by atoms with Gasteiger partial charge in [0, 0.05) is 5.69 Å². The lowest BCUT2D eigenvalue weighted by atomic mass is 10.1. The smallest absolute Gasteiger partial charge is 0.291 e. The number of carbonyl (C=O) groups excluding carboxylic acids is 2. The molecule has 0 saturated carbocycles. The molecule has 0 aliphatic carbocycles. The molecule has 1 aromatic heterocycles. The van der Waals surface area contributed by atoms with Crippen molar-refractivity contribution in [3.63, 3.8) is 0 Å². The van der Waals surface area contributed by atoms with E-state index in [0.29, 0.717) is 11.4 Å². The van der Waals surface area contributed by atoms with E-state index in [1.54, 1.807) is 55.7 Å². The molecule has 2 amide bonds. The van der Waals surface area contributed by atoms with Gasteiger partial charge < -0.3 is 19.8 Å². The zero-order chi connectivity index (χ0) is 19.1. The fraction of sp³-hybridized carbons (Fsp3) is 0.0476. The molecule has 0 atom stereocenters. The molecule has 3 rings (SSSR count). The lowest BCUT2D eigenvalue weighted by molar-refractivity contribution is -0.113. The van der Waals surface area contributed by atoms with E-state index in [4.69, 9.17) is 9.15 Å². The first-order valence-electron chi connectivity index (χ1n) is 8.23. The van der Waals surface area contributed by atoms with Gasteiger partial charge in [-0.1, -0.05) is 30.3 Å². The van der Waals surface area contributed by atoms with Gasteiger partial charge in [0.15, 0.2) is 5.76 Å². The number of hydrogen-bond acceptors (Lipinski definition) is 4. The Bertz CT molecular complexity index is 930. The minimum absolute atomic E-state index is 0.0884. The lowest BCUT2D eigenvalue weighted by Gasteiger charge is -2.10. The molecule has 0 unspecified atom stereocenters. The summed E-state index contributed by atoms with van der Waals surface area (Å²) >= 11 is 0. The predicted molar refractivity (Wildman–Crippen MR) is 102 cm³/mol. The fourth-order valence-electron chi connectivity index (χ4n) is 2.34. The molecular formula is C21H18N2O4. The van der Waals surface area contributed by atoms with Gasteiger partial charge in [0.2, 0.25) is 0 Å². The summed E-state index contributed by atoms with van der Waals surface area (Å²) in [5, 5.41) is 5.36. The van der Waals surface area contributed by atoms with Crippen LogP contribution in [0.2, 0.25) is 0 Å². The molecule has 136 valence electrons. The van der Waals surface area contributed by atoms with E-state index in [1.807, 2.05) is 18.2 Å². The number of methoxy groups -OCH3 is 1. The van der Waals surface area contributed by atoms with E-state index < -0.39 is 11.8 Å². The van der Waals surface area contributed by atoms with Crippen molar-refractivity contribution < 1.29 is 18.7 Å². The van der Waals surface area contributed by atoms with Crippen molar-refractivity contribution in [2.24, 2.45) is 0 Å². The first kappa shape index (κ1) is 18.0. The van der Waals surface area contributed by atoms with Gasteiger partial charge in [-0.15, -0.1) is 0 Å². The summed E-state index contributed by atoms with van der Waals surface area (Å²) in [6.45, 7) is 0. The molecule has 27 heavy (non-hydrogen) atoms. The van der Waals surface area contributed by atoms with Gasteiger partial charge in [0.05, 0.1) is 13.4 Å². The predicted octanol–water partition coefficient (Wildman–Crippen LogP) is 3.70. The van der Waals surface area contributed by atoms with Crippen LogP contribution >= 0.6 is 0 Å². The van der Waals surface area contributed by atoms with Crippen LogP contribution in [0, 0.1) is 0 Å². The summed E-state index contributed by atoms with van der Waals surface area (Å²) in [5.74, 6) is -0.148. The van der Waals surface area contributed by atoms with E-state index in [-0.39, 0.29) is 11.5 Å². The van der Waals surface area contributed by atoms with Crippen molar-refractivity contribution >= 4 is 23.6 Å². The summed E-state index contributed by atoms with van der Waals surface area (Å²) in [6.07, 6.45) is 2.98. The molecule has 0 radical (unpaired) electrons. The SMILES string of the molecule is COc1ccc(/C=C(\NC(=O)c2ccco2)C(=O)Nc2ccccc2)cc1. The number of anilines is 1. The van der Waals surface area contributed by atoms with Crippen LogP contribution in [0.1, 0.15) is 16.1 Å². The van der Waals surface area contributed by atoms with E-state index in [0.717, 1.165) is 5.56 Å². The second-order valence-electron chi connectivity index (χ2n) is 5.58. The normalized spacial score (nSPS) is 10.9. The molecule has 6 heteroatoms. The van der Waals surface area contributed by atoms with Crippen molar-refractivity contribution in [2.45, 2.75) is 0 Å². The van der Waals surface area contributed by atoms with Gasteiger partial charge in [-0.2, -0.15) is 0 Å². The average Bonchev–Trinajstić information content (AvgIpc) is 3.24. The van der Waals surface area contributed by atoms with Gasteiger partial charge in [-0.3, -0.25) is 9.59 Å². The highest BCUT2D eigenvalue weighted by Gasteiger charge is 2.16. The Morgan fingerprint density at radius 3 is 2.33 bits per heavy atom. The molecule has 6 nitrogen and oxygen atoms in total. The Balaban J connectivity index is 1.85. The van der Waals surface area contributed by atoms with Crippen LogP contribution in [0.4, 0.5) is 5.69 Å². The summed E-state index contributed by atoms with van der Waals surface area (Å²) < 4.78 is 10.2. The second-order valence-corrected chi connectivity index (χ2v) is 5.58. The Morgan fingerprint density at radius 1 is 0.963 bits per heavy atom. The minimum Gasteiger partial charge on any atom is -0.497 e. The van der Waals surface area contributed by atoms with E-state index in [2.05, 4.69) is 10.6 Å². The van der Waals surface area contributed by atoms with Crippen molar-refractivity contribution in [3.8, 4) is 5.75 Å². The molecule has 2 aromatic carbocycles. The van der Waals surface area contributed by atoms with Crippen LogP contribution in [-0.2, 0) is 4.79 Å². The Labute approximate surface area is 156 Å². The third kappa shape index (κ3) is 4.85. The number of benzene rings is 2. The van der Waals surface area contributed by atoms with Crippen LogP contribution in [-0.4, -0.2) is 18.9 Å². The Hall–Kier alpha value is -3.80. The molecule has 0 bridgehead atoms. The van der Waals surface area contributed by atoms with E-state index in [1.165, 1.54) is 12.3 Å². The van der Waals surface area contributed by atoms with Crippen molar-refractivity contribution in [1.29, 1.82) is 0 Å². The van der Waals surface area contributed by atoms with Crippen molar-refractivity contribution in [1.82, 2.24) is 5.32 Å². The van der Waals surface area contributed by atoms with E-state index >= 15 is 0 Å². The zero-order valence-electron chi connectivity index (χ0n) is 14.6. The maximum absolute atomic E-state index is 12.7. The molecule has 3 aromatic rings. The third-order valence-electron chi connectivity index (χ3n) is 3.70. The van der Waals surface area contributed by atoms with Gasteiger partial charge in [-0.05, 0) is 48.0 Å². The first-order valence-corrected chi connectivity index (χ1v) is 8.23. The Morgan fingerprint density at radius 2 is 1.70 bits per heavy atom. The number of hydrogen-bond donors (Lipinski definition) is 2. The van der Waals surface area contributed by atoms with Crippen LogP contribution in [0.15, 0.2) is 83.1 Å². The maximum atomic E-state index is 12.7. The van der Waals surface area contributed by atoms with Gasteiger partial charge in [-0.25, -0.2) is 0 Å². The summed E-state index contributed by atoms with van der Waals surface area (Å²) in [4.78, 5) is 25.0. The standard InChI is InChI=1S/C21H18N2O4/c1-26-17-11-9-15(10-12-17)14-18(23-21(25)19-8-5-13-27-19)20(24)22-16-6-3-2-4-7-16/h2-14H,1H3,(H,22,24)(H,23,25)/b18-14-. The van der Waals surface area contributed by atoms with Crippen LogP contribution in [0.5, 0.6) is 5.75 Å². The van der Waals surface area contributed by atoms with Crippen LogP contribution < -0.4 is 15.4 Å². The van der Waals surface area contributed by atoms with E-state index in [9.17, 15) is 9.59 Å². The third-order valence-corrected chi connectivity index (χ3v) is 3.70. The number of carbonyl (C=O) groups is 2. The first-order chi connectivity index (χ1) is 13.2. The largest absolute Gasteiger partial charge is 0.497 e. The monoisotopic (exact) mass is 362 g/mol. The fourth-order valence-corrected chi connectivity index (χ4v) is 2.34. The number of amides is 2. The number of para-hydroxylation sites is 1. The summed E-state index contributed by atoms with van der Waals surface area (Å²) in [7, 11) is 1.58. The number of furan rings is 1. The second kappa shape index (κ2) is 8.53. The average molecular weight is 362 g/mol. The molecule has 0 aliphatic heterocycles. The highest BCUT2D eigenvalue weighted by Crippen LogP contribution is 2.15. The zero-order valence-corrected chi connectivity index (χ0v) is 14.6. The number of rotatable bonds is 6. The van der Waals surface area contributed by atoms with Crippen molar-refractivity contribution in [2.75, 3.05) is 12.4 Å². The minimum atomic E-state index is -0.511. The molecule has 0 spiro atoms. The molecule has 0 aliphatic rings. The van der Waals surface area contributed by atoms with Crippen molar-refractivity contribution in [3.05, 3.63) is 90.0 Å². The van der Waals surface area contributed by atoms with Gasteiger partial charge >= 0.3 is 0 Å². The molecule has 0 saturated heterocycles. The highest BCUT2D eigenvalue weighted by molar-refractivity contribution is 6.10. The summed E-state index contributed by atoms with van der Waals surface area (Å²) in [6, 6.07) is 19.2. The van der Waals surface area contributed by atoms with Gasteiger partial charge in [0.25, 0.3) is 11.8 Å². The highest BCUT2D eigenvalue weighted by atomic mass is 16.5. The topological polar surface area (TPSA) is 80.6 Å². The van der Waals surface area contributed by atoms with Gasteiger partial charge in [0.1, 0.15) is 11.4 Å². The molecule has 1 heterocycles. The van der Waals surface area contributed by atoms with Crippen LogP contribution in [0.3, 0.4) is 0 Å². The maximum Gasteiger partial charge on any atom is 0.291 e. The Kier molecular flexibility index (Phi) is 5.69. The number of ether oxygens (including phenoxy) is 1. The number of nitrogens with one attached hydrogen (secondary N) is 2. The molecule has 2 N–H and O–H groups in total. The molecule has 0 fully saturated rings. The summed E-state index contributed by atoms with van der Waals surface area (Å²) in [5.41, 5.74) is 1.44. The van der Waals surface area contributed by atoms with Crippen LogP contribution in [0.25, 0.3) is 6.08 Å². The lowest BCUT2D eigenvalue weighted by Crippen LogP contribution is -2.30. The quantitative estimate of drug-likeness (QED) is 0.655.